The zero-order chi connectivity index (χ0) is 27.3. The Labute approximate surface area is 221 Å². The van der Waals surface area contributed by atoms with Crippen molar-refractivity contribution in [3.63, 3.8) is 0 Å². The highest BCUT2D eigenvalue weighted by molar-refractivity contribution is 7.87. The molecule has 0 unspecified atom stereocenters. The third-order valence-electron chi connectivity index (χ3n) is 5.18. The average molecular weight is 553 g/mol. The van der Waals surface area contributed by atoms with Crippen LogP contribution in [-0.4, -0.2) is 22.9 Å². The Balaban J connectivity index is 1.41. The van der Waals surface area contributed by atoms with Crippen LogP contribution in [-0.2, 0) is 20.2 Å². The zero-order valence-electron chi connectivity index (χ0n) is 20.4. The highest BCUT2D eigenvalue weighted by atomic mass is 32.2. The first-order valence-corrected chi connectivity index (χ1v) is 14.1. The van der Waals surface area contributed by atoms with Crippen LogP contribution < -0.4 is 19.0 Å². The Kier molecular flexibility index (Phi) is 7.70. The molecule has 11 heteroatoms. The van der Waals surface area contributed by atoms with E-state index >= 15 is 0 Å². The van der Waals surface area contributed by atoms with E-state index in [1.807, 2.05) is 6.92 Å². The first-order valence-electron chi connectivity index (χ1n) is 11.3. The molecule has 4 aromatic carbocycles. The summed E-state index contributed by atoms with van der Waals surface area (Å²) in [6, 6.07) is 23.7. The molecule has 0 atom stereocenters. The first kappa shape index (κ1) is 26.7. The normalized spacial score (nSPS) is 11.4. The molecule has 0 radical (unpaired) electrons. The average Bonchev–Trinajstić information content (AvgIpc) is 2.84. The topological polar surface area (TPSA) is 128 Å². The molecule has 0 aliphatic heterocycles. The van der Waals surface area contributed by atoms with E-state index in [0.29, 0.717) is 0 Å². The van der Waals surface area contributed by atoms with Crippen LogP contribution in [0.5, 0.6) is 11.5 Å². The lowest BCUT2D eigenvalue weighted by molar-refractivity contribution is 0.262. The van der Waals surface area contributed by atoms with Crippen molar-refractivity contribution in [2.45, 2.75) is 23.6 Å². The van der Waals surface area contributed by atoms with Crippen LogP contribution in [0.15, 0.2) is 107 Å². The Hall–Kier alpha value is -4.35. The van der Waals surface area contributed by atoms with Gasteiger partial charge in [0.05, 0.1) is 0 Å². The molecular weight excluding hydrogens is 528 g/mol. The third-order valence-corrected chi connectivity index (χ3v) is 7.69. The Morgan fingerprint density at radius 1 is 0.579 bits per heavy atom. The second-order valence-corrected chi connectivity index (χ2v) is 11.4. The number of carbonyl (C=O) groups is 1. The van der Waals surface area contributed by atoms with Crippen molar-refractivity contribution in [3.8, 4) is 11.5 Å². The third kappa shape index (κ3) is 6.90. The maximum Gasteiger partial charge on any atom is 0.339 e. The van der Waals surface area contributed by atoms with Crippen LogP contribution in [0.3, 0.4) is 0 Å². The van der Waals surface area contributed by atoms with Crippen LogP contribution >= 0.6 is 0 Å². The molecular formula is C27H24N2O7S2. The minimum Gasteiger partial charge on any atom is -0.379 e. The van der Waals surface area contributed by atoms with E-state index in [0.717, 1.165) is 11.1 Å². The summed E-state index contributed by atoms with van der Waals surface area (Å²) in [4.78, 5) is 12.6. The molecule has 0 aromatic heterocycles. The molecule has 0 fully saturated rings. The van der Waals surface area contributed by atoms with Crippen molar-refractivity contribution in [1.82, 2.24) is 0 Å². The van der Waals surface area contributed by atoms with E-state index < -0.39 is 26.3 Å². The SMILES string of the molecule is Cc1ccc(S(=O)(=O)Oc2cccc(NC(=O)Nc3cccc(OS(=O)(=O)c4cccc(C)c4)c3)c2)cc1. The number of anilines is 2. The van der Waals surface area contributed by atoms with Gasteiger partial charge in [0.2, 0.25) is 0 Å². The Bertz CT molecular complexity index is 1680. The van der Waals surface area contributed by atoms with Gasteiger partial charge in [0, 0.05) is 23.5 Å². The number of aryl methyl sites for hydroxylation is 2. The van der Waals surface area contributed by atoms with E-state index in [2.05, 4.69) is 10.6 Å². The van der Waals surface area contributed by atoms with Gasteiger partial charge >= 0.3 is 26.3 Å². The van der Waals surface area contributed by atoms with Gasteiger partial charge in [0.1, 0.15) is 21.3 Å². The molecule has 0 bridgehead atoms. The minimum absolute atomic E-state index is 0.00530. The van der Waals surface area contributed by atoms with Crippen molar-refractivity contribution in [3.05, 3.63) is 108 Å². The van der Waals surface area contributed by atoms with Crippen molar-refractivity contribution in [2.24, 2.45) is 0 Å². The van der Waals surface area contributed by atoms with Crippen LogP contribution in [0.1, 0.15) is 11.1 Å². The number of nitrogens with one attached hydrogen (secondary N) is 2. The molecule has 196 valence electrons. The second kappa shape index (κ2) is 11.0. The predicted molar refractivity (Wildman–Crippen MR) is 144 cm³/mol. The lowest BCUT2D eigenvalue weighted by Gasteiger charge is -2.12. The van der Waals surface area contributed by atoms with Gasteiger partial charge in [0.15, 0.2) is 0 Å². The van der Waals surface area contributed by atoms with Crippen LogP contribution in [0.2, 0.25) is 0 Å². The molecule has 2 N–H and O–H groups in total. The number of rotatable bonds is 8. The second-order valence-electron chi connectivity index (χ2n) is 8.34. The van der Waals surface area contributed by atoms with Gasteiger partial charge in [-0.25, -0.2) is 4.79 Å². The molecule has 9 nitrogen and oxygen atoms in total. The van der Waals surface area contributed by atoms with Crippen LogP contribution in [0.4, 0.5) is 16.2 Å². The van der Waals surface area contributed by atoms with Gasteiger partial charge in [-0.1, -0.05) is 42.0 Å². The van der Waals surface area contributed by atoms with Crippen molar-refractivity contribution >= 4 is 37.6 Å². The monoisotopic (exact) mass is 552 g/mol. The van der Waals surface area contributed by atoms with E-state index in [1.165, 1.54) is 60.7 Å². The van der Waals surface area contributed by atoms with Crippen molar-refractivity contribution < 1.29 is 30.0 Å². The zero-order valence-corrected chi connectivity index (χ0v) is 22.0. The van der Waals surface area contributed by atoms with Crippen molar-refractivity contribution in [1.29, 1.82) is 0 Å². The van der Waals surface area contributed by atoms with Gasteiger partial charge in [-0.3, -0.25) is 0 Å². The molecule has 4 rings (SSSR count). The highest BCUT2D eigenvalue weighted by Crippen LogP contribution is 2.24. The first-order chi connectivity index (χ1) is 18.0. The van der Waals surface area contributed by atoms with Crippen LogP contribution in [0.25, 0.3) is 0 Å². The number of carbonyl (C=O) groups excluding carboxylic acids is 1. The molecule has 0 aliphatic carbocycles. The lowest BCUT2D eigenvalue weighted by Crippen LogP contribution is -2.19. The molecule has 38 heavy (non-hydrogen) atoms. The number of amides is 2. The molecule has 2 amide bonds. The number of benzene rings is 4. The molecule has 0 aliphatic rings. The summed E-state index contributed by atoms with van der Waals surface area (Å²) in [5, 5.41) is 5.16. The summed E-state index contributed by atoms with van der Waals surface area (Å²) >= 11 is 0. The van der Waals surface area contributed by atoms with E-state index in [9.17, 15) is 21.6 Å². The van der Waals surface area contributed by atoms with Gasteiger partial charge in [-0.15, -0.1) is 0 Å². The standard InChI is InChI=1S/C27H24N2O7S2/c1-19-12-14-25(15-13-19)37(31,32)35-23-9-4-7-21(17-23)28-27(30)29-22-8-5-10-24(18-22)36-38(33,34)26-11-3-6-20(2)16-26/h3-18H,1-2H3,(H2,28,29,30). The maximum absolute atomic E-state index is 12.6. The number of hydrogen-bond acceptors (Lipinski definition) is 7. The molecule has 0 heterocycles. The molecule has 0 saturated heterocycles. The summed E-state index contributed by atoms with van der Waals surface area (Å²) in [5.41, 5.74) is 2.22. The summed E-state index contributed by atoms with van der Waals surface area (Å²) < 4.78 is 60.7. The fourth-order valence-electron chi connectivity index (χ4n) is 3.37. The summed E-state index contributed by atoms with van der Waals surface area (Å²) in [5.74, 6) is 0.0288. The largest absolute Gasteiger partial charge is 0.379 e. The number of hydrogen-bond donors (Lipinski definition) is 2. The maximum atomic E-state index is 12.6. The molecule has 4 aromatic rings. The van der Waals surface area contributed by atoms with E-state index in [4.69, 9.17) is 8.37 Å². The lowest BCUT2D eigenvalue weighted by atomic mass is 10.2. The number of urea groups is 1. The fraction of sp³-hybridized carbons (Fsp3) is 0.0741. The summed E-state index contributed by atoms with van der Waals surface area (Å²) in [7, 11) is -8.12. The quantitative estimate of drug-likeness (QED) is 0.277. The predicted octanol–water partition coefficient (Wildman–Crippen LogP) is 5.48. The smallest absolute Gasteiger partial charge is 0.339 e. The minimum atomic E-state index is -4.06. The Morgan fingerprint density at radius 2 is 1.08 bits per heavy atom. The highest BCUT2D eigenvalue weighted by Gasteiger charge is 2.18. The van der Waals surface area contributed by atoms with Crippen LogP contribution in [0, 0.1) is 13.8 Å². The van der Waals surface area contributed by atoms with E-state index in [-0.39, 0.29) is 32.7 Å². The fourth-order valence-corrected chi connectivity index (χ4v) is 5.32. The van der Waals surface area contributed by atoms with E-state index in [1.54, 1.807) is 43.3 Å². The summed E-state index contributed by atoms with van der Waals surface area (Å²) in [6.45, 7) is 3.61. The Morgan fingerprint density at radius 3 is 1.61 bits per heavy atom. The van der Waals surface area contributed by atoms with Gasteiger partial charge in [-0.2, -0.15) is 16.8 Å². The van der Waals surface area contributed by atoms with Gasteiger partial charge in [0.25, 0.3) is 0 Å². The molecule has 0 saturated carbocycles. The van der Waals surface area contributed by atoms with Gasteiger partial charge < -0.3 is 19.0 Å². The van der Waals surface area contributed by atoms with Crippen molar-refractivity contribution in [2.75, 3.05) is 10.6 Å². The summed E-state index contributed by atoms with van der Waals surface area (Å²) in [6.07, 6.45) is 0. The molecule has 0 spiro atoms. The van der Waals surface area contributed by atoms with Gasteiger partial charge in [-0.05, 0) is 67.9 Å².